The molecule has 0 bridgehead atoms. The lowest BCUT2D eigenvalue weighted by atomic mass is 10.1. The SMILES string of the molecule is COc1ccc(Cl)cc1N(CC(=O)N(Cc1cccc(Cl)c1)C(C)C(=O)NC(C)C)S(=O)(=O)c1ccc(C)cc1. The fourth-order valence-corrected chi connectivity index (χ4v) is 5.82. The molecule has 40 heavy (non-hydrogen) atoms. The molecule has 0 spiro atoms. The van der Waals surface area contributed by atoms with Gasteiger partial charge in [-0.3, -0.25) is 13.9 Å². The van der Waals surface area contributed by atoms with Crippen molar-refractivity contribution in [2.75, 3.05) is 18.0 Å². The quantitative estimate of drug-likeness (QED) is 0.313. The van der Waals surface area contributed by atoms with Crippen LogP contribution >= 0.6 is 23.2 Å². The third kappa shape index (κ3) is 7.68. The van der Waals surface area contributed by atoms with E-state index in [1.807, 2.05) is 20.8 Å². The second kappa shape index (κ2) is 13.4. The number of amides is 2. The molecule has 0 saturated heterocycles. The van der Waals surface area contributed by atoms with E-state index in [0.717, 1.165) is 9.87 Å². The minimum absolute atomic E-state index is 0.0140. The number of hydrogen-bond acceptors (Lipinski definition) is 5. The molecule has 1 N–H and O–H groups in total. The average molecular weight is 607 g/mol. The van der Waals surface area contributed by atoms with E-state index >= 15 is 0 Å². The Bertz CT molecular complexity index is 1460. The Labute approximate surface area is 245 Å². The second-order valence-corrected chi connectivity index (χ2v) is 12.4. The van der Waals surface area contributed by atoms with Gasteiger partial charge in [0.1, 0.15) is 18.3 Å². The lowest BCUT2D eigenvalue weighted by Gasteiger charge is -2.32. The molecule has 0 aliphatic carbocycles. The van der Waals surface area contributed by atoms with Crippen molar-refractivity contribution in [2.24, 2.45) is 0 Å². The lowest BCUT2D eigenvalue weighted by molar-refractivity contribution is -0.139. The highest BCUT2D eigenvalue weighted by atomic mass is 35.5. The van der Waals surface area contributed by atoms with E-state index in [-0.39, 0.29) is 39.8 Å². The number of benzene rings is 3. The van der Waals surface area contributed by atoms with E-state index < -0.39 is 28.5 Å². The van der Waals surface area contributed by atoms with E-state index in [0.29, 0.717) is 10.6 Å². The summed E-state index contributed by atoms with van der Waals surface area (Å²) in [5, 5.41) is 3.55. The molecule has 3 aromatic rings. The zero-order valence-electron chi connectivity index (χ0n) is 23.0. The van der Waals surface area contributed by atoms with Crippen LogP contribution in [0.25, 0.3) is 0 Å². The maximum atomic E-state index is 14.0. The third-order valence-corrected chi connectivity index (χ3v) is 8.38. The largest absolute Gasteiger partial charge is 0.495 e. The van der Waals surface area contributed by atoms with Gasteiger partial charge in [-0.15, -0.1) is 0 Å². The van der Waals surface area contributed by atoms with Crippen LogP contribution in [-0.4, -0.2) is 50.9 Å². The zero-order chi connectivity index (χ0) is 29.6. The number of aryl methyl sites for hydroxylation is 1. The van der Waals surface area contributed by atoms with E-state index in [4.69, 9.17) is 27.9 Å². The predicted octanol–water partition coefficient (Wildman–Crippen LogP) is 5.45. The van der Waals surface area contributed by atoms with Gasteiger partial charge in [-0.05, 0) is 75.7 Å². The van der Waals surface area contributed by atoms with Gasteiger partial charge in [0.25, 0.3) is 10.0 Å². The smallest absolute Gasteiger partial charge is 0.264 e. The van der Waals surface area contributed by atoms with E-state index in [1.54, 1.807) is 49.4 Å². The first-order valence-electron chi connectivity index (χ1n) is 12.6. The van der Waals surface area contributed by atoms with Gasteiger partial charge in [-0.2, -0.15) is 0 Å². The van der Waals surface area contributed by atoms with Gasteiger partial charge in [0.15, 0.2) is 0 Å². The van der Waals surface area contributed by atoms with Gasteiger partial charge in [-0.1, -0.05) is 53.0 Å². The molecule has 0 fully saturated rings. The number of nitrogens with one attached hydrogen (secondary N) is 1. The molecule has 1 unspecified atom stereocenters. The number of sulfonamides is 1. The monoisotopic (exact) mass is 605 g/mol. The predicted molar refractivity (Wildman–Crippen MR) is 158 cm³/mol. The highest BCUT2D eigenvalue weighted by Crippen LogP contribution is 2.35. The molecule has 0 heterocycles. The molecular formula is C29H33Cl2N3O5S. The van der Waals surface area contributed by atoms with Crippen molar-refractivity contribution in [1.29, 1.82) is 0 Å². The Kier molecular flexibility index (Phi) is 10.5. The fourth-order valence-electron chi connectivity index (χ4n) is 4.03. The van der Waals surface area contributed by atoms with Crippen molar-refractivity contribution in [3.8, 4) is 5.75 Å². The first-order chi connectivity index (χ1) is 18.8. The number of ether oxygens (including phenoxy) is 1. The molecule has 8 nitrogen and oxygen atoms in total. The molecular weight excluding hydrogens is 573 g/mol. The van der Waals surface area contributed by atoms with Crippen LogP contribution in [0.4, 0.5) is 5.69 Å². The molecule has 1 atom stereocenters. The molecule has 3 aromatic carbocycles. The number of rotatable bonds is 11. The van der Waals surface area contributed by atoms with E-state index in [9.17, 15) is 18.0 Å². The average Bonchev–Trinajstić information content (AvgIpc) is 2.89. The van der Waals surface area contributed by atoms with Crippen LogP contribution in [0.15, 0.2) is 71.6 Å². The van der Waals surface area contributed by atoms with Gasteiger partial charge < -0.3 is 15.0 Å². The maximum absolute atomic E-state index is 14.0. The molecule has 0 aromatic heterocycles. The van der Waals surface area contributed by atoms with Crippen molar-refractivity contribution in [2.45, 2.75) is 51.2 Å². The van der Waals surface area contributed by atoms with Crippen molar-refractivity contribution >= 4 is 50.7 Å². The van der Waals surface area contributed by atoms with Crippen molar-refractivity contribution in [1.82, 2.24) is 10.2 Å². The standard InChI is InChI=1S/C29H33Cl2N3O5S/c1-19(2)32-29(36)21(4)33(17-22-7-6-8-23(30)15-22)28(35)18-34(26-16-24(31)11-14-27(26)39-5)40(37,38)25-12-9-20(3)10-13-25/h6-16,19,21H,17-18H2,1-5H3,(H,32,36). The molecule has 11 heteroatoms. The fraction of sp³-hybridized carbons (Fsp3) is 0.310. The van der Waals surface area contributed by atoms with Gasteiger partial charge in [0, 0.05) is 22.6 Å². The van der Waals surface area contributed by atoms with E-state index in [2.05, 4.69) is 5.32 Å². The Balaban J connectivity index is 2.11. The minimum Gasteiger partial charge on any atom is -0.495 e. The Hall–Kier alpha value is -3.27. The summed E-state index contributed by atoms with van der Waals surface area (Å²) in [6.07, 6.45) is 0. The molecule has 214 valence electrons. The number of methoxy groups -OCH3 is 1. The van der Waals surface area contributed by atoms with Crippen LogP contribution in [0.3, 0.4) is 0 Å². The summed E-state index contributed by atoms with van der Waals surface area (Å²) < 4.78 is 34.4. The normalized spacial score (nSPS) is 12.1. The topological polar surface area (TPSA) is 96.0 Å². The molecule has 0 aliphatic heterocycles. The first-order valence-corrected chi connectivity index (χ1v) is 14.8. The summed E-state index contributed by atoms with van der Waals surface area (Å²) in [6, 6.07) is 16.6. The highest BCUT2D eigenvalue weighted by Gasteiger charge is 2.34. The van der Waals surface area contributed by atoms with Gasteiger partial charge in [0.2, 0.25) is 11.8 Å². The lowest BCUT2D eigenvalue weighted by Crippen LogP contribution is -2.52. The van der Waals surface area contributed by atoms with Crippen molar-refractivity contribution in [3.05, 3.63) is 87.9 Å². The van der Waals surface area contributed by atoms with Crippen LogP contribution < -0.4 is 14.4 Å². The zero-order valence-corrected chi connectivity index (χ0v) is 25.3. The Morgan fingerprint density at radius 3 is 2.20 bits per heavy atom. The van der Waals surface area contributed by atoms with Crippen molar-refractivity contribution < 1.29 is 22.7 Å². The van der Waals surface area contributed by atoms with E-state index in [1.165, 1.54) is 36.3 Å². The van der Waals surface area contributed by atoms with Crippen LogP contribution in [0.1, 0.15) is 31.9 Å². The number of carbonyl (C=O) groups is 2. The molecule has 0 aliphatic rings. The second-order valence-electron chi connectivity index (χ2n) is 9.63. The number of nitrogens with zero attached hydrogens (tertiary/aromatic N) is 2. The van der Waals surface area contributed by atoms with Crippen LogP contribution in [0.5, 0.6) is 5.75 Å². The molecule has 3 rings (SSSR count). The third-order valence-electron chi connectivity index (χ3n) is 6.14. The van der Waals surface area contributed by atoms with Gasteiger partial charge >= 0.3 is 0 Å². The Morgan fingerprint density at radius 1 is 0.950 bits per heavy atom. The van der Waals surface area contributed by atoms with Crippen LogP contribution in [0.2, 0.25) is 10.0 Å². The number of carbonyl (C=O) groups excluding carboxylic acids is 2. The molecule has 2 amide bonds. The van der Waals surface area contributed by atoms with Crippen LogP contribution in [0, 0.1) is 6.92 Å². The highest BCUT2D eigenvalue weighted by molar-refractivity contribution is 7.92. The van der Waals surface area contributed by atoms with Crippen LogP contribution in [-0.2, 0) is 26.2 Å². The van der Waals surface area contributed by atoms with Gasteiger partial charge in [0.05, 0.1) is 17.7 Å². The maximum Gasteiger partial charge on any atom is 0.264 e. The van der Waals surface area contributed by atoms with Crippen molar-refractivity contribution in [3.63, 3.8) is 0 Å². The molecule has 0 radical (unpaired) electrons. The summed E-state index contributed by atoms with van der Waals surface area (Å²) in [4.78, 5) is 28.3. The summed E-state index contributed by atoms with van der Waals surface area (Å²) in [5.41, 5.74) is 1.64. The first kappa shape index (κ1) is 31.3. The number of hydrogen-bond donors (Lipinski definition) is 1. The Morgan fingerprint density at radius 2 is 1.60 bits per heavy atom. The summed E-state index contributed by atoms with van der Waals surface area (Å²) >= 11 is 12.4. The summed E-state index contributed by atoms with van der Waals surface area (Å²) in [5.74, 6) is -0.775. The molecule has 0 saturated carbocycles. The summed E-state index contributed by atoms with van der Waals surface area (Å²) in [6.45, 7) is 6.47. The number of anilines is 1. The minimum atomic E-state index is -4.27. The number of halogens is 2. The summed E-state index contributed by atoms with van der Waals surface area (Å²) in [7, 11) is -2.87. The van der Waals surface area contributed by atoms with Gasteiger partial charge in [-0.25, -0.2) is 8.42 Å².